The molecule has 0 saturated carbocycles. The molecule has 1 aliphatic rings. The fourth-order valence-corrected chi connectivity index (χ4v) is 4.12. The monoisotopic (exact) mass is 295 g/mol. The number of nitrogens with zero attached hydrogens (tertiary/aromatic N) is 2. The maximum absolute atomic E-state index is 4.16. The van der Waals surface area contributed by atoms with Gasteiger partial charge in [0.25, 0.3) is 0 Å². The summed E-state index contributed by atoms with van der Waals surface area (Å²) in [5.41, 5.74) is 0.703. The Bertz CT molecular complexity index is 406. The molecule has 0 aromatic carbocycles. The molecule has 1 N–H and O–H groups in total. The maximum Gasteiger partial charge on any atom is 0.0946 e. The van der Waals surface area contributed by atoms with E-state index in [1.807, 2.05) is 12.5 Å². The van der Waals surface area contributed by atoms with Gasteiger partial charge in [-0.1, -0.05) is 34.6 Å². The van der Waals surface area contributed by atoms with Gasteiger partial charge >= 0.3 is 0 Å². The quantitative estimate of drug-likeness (QED) is 0.923. The van der Waals surface area contributed by atoms with Gasteiger partial charge in [0, 0.05) is 36.8 Å². The van der Waals surface area contributed by atoms with Gasteiger partial charge < -0.3 is 9.88 Å². The van der Waals surface area contributed by atoms with Crippen molar-refractivity contribution in [3.8, 4) is 0 Å². The summed E-state index contributed by atoms with van der Waals surface area (Å²) in [7, 11) is 0. The van der Waals surface area contributed by atoms with Crippen molar-refractivity contribution in [1.82, 2.24) is 14.9 Å². The molecule has 114 valence electrons. The maximum atomic E-state index is 4.16. The van der Waals surface area contributed by atoms with Crippen molar-refractivity contribution in [3.63, 3.8) is 0 Å². The van der Waals surface area contributed by atoms with Crippen LogP contribution in [0.4, 0.5) is 0 Å². The molecule has 0 radical (unpaired) electrons. The van der Waals surface area contributed by atoms with Gasteiger partial charge in [-0.05, 0) is 23.0 Å². The standard InChI is InChI=1S/C16H29N3S/c1-15(2,3)14(9-19-7-6-17-12-19)18-13-8-16(4,5)11-20-10-13/h6-7,12-14,18H,8-11H2,1-5H3. The predicted octanol–water partition coefficient (Wildman–Crippen LogP) is 3.42. The molecule has 0 spiro atoms. The van der Waals surface area contributed by atoms with Crippen molar-refractivity contribution in [1.29, 1.82) is 0 Å². The Morgan fingerprint density at radius 3 is 2.75 bits per heavy atom. The highest BCUT2D eigenvalue weighted by atomic mass is 32.2. The van der Waals surface area contributed by atoms with Crippen molar-refractivity contribution < 1.29 is 0 Å². The van der Waals surface area contributed by atoms with E-state index < -0.39 is 0 Å². The molecule has 20 heavy (non-hydrogen) atoms. The molecule has 1 fully saturated rings. The summed E-state index contributed by atoms with van der Waals surface area (Å²) in [5.74, 6) is 2.52. The van der Waals surface area contributed by atoms with E-state index >= 15 is 0 Å². The fraction of sp³-hybridized carbons (Fsp3) is 0.812. The minimum Gasteiger partial charge on any atom is -0.336 e. The molecule has 2 rings (SSSR count). The van der Waals surface area contributed by atoms with E-state index in [4.69, 9.17) is 0 Å². The van der Waals surface area contributed by atoms with Gasteiger partial charge in [-0.25, -0.2) is 4.98 Å². The molecule has 0 amide bonds. The Kier molecular flexibility index (Phi) is 4.85. The minimum atomic E-state index is 0.247. The molecular weight excluding hydrogens is 266 g/mol. The molecule has 4 heteroatoms. The average molecular weight is 295 g/mol. The van der Waals surface area contributed by atoms with Crippen molar-refractivity contribution in [2.45, 2.75) is 59.7 Å². The zero-order chi connectivity index (χ0) is 14.8. The largest absolute Gasteiger partial charge is 0.336 e. The molecule has 1 aromatic heterocycles. The van der Waals surface area contributed by atoms with Gasteiger partial charge in [-0.3, -0.25) is 0 Å². The van der Waals surface area contributed by atoms with Crippen LogP contribution >= 0.6 is 11.8 Å². The third kappa shape index (κ3) is 4.52. The first-order valence-electron chi connectivity index (χ1n) is 7.56. The van der Waals surface area contributed by atoms with Crippen LogP contribution in [-0.2, 0) is 6.54 Å². The number of hydrogen-bond donors (Lipinski definition) is 1. The minimum absolute atomic E-state index is 0.247. The first kappa shape index (κ1) is 15.9. The van der Waals surface area contributed by atoms with E-state index in [0.29, 0.717) is 17.5 Å². The lowest BCUT2D eigenvalue weighted by Gasteiger charge is -2.40. The normalized spacial score (nSPS) is 24.6. The van der Waals surface area contributed by atoms with Crippen LogP contribution in [-0.4, -0.2) is 33.1 Å². The topological polar surface area (TPSA) is 29.9 Å². The summed E-state index contributed by atoms with van der Waals surface area (Å²) in [6.07, 6.45) is 7.11. The number of thioether (sulfide) groups is 1. The second kappa shape index (κ2) is 6.10. The molecule has 2 heterocycles. The molecule has 0 bridgehead atoms. The van der Waals surface area contributed by atoms with E-state index in [-0.39, 0.29) is 5.41 Å². The Labute approximate surface area is 127 Å². The van der Waals surface area contributed by atoms with E-state index in [2.05, 4.69) is 67.4 Å². The van der Waals surface area contributed by atoms with Crippen LogP contribution in [0.15, 0.2) is 18.7 Å². The highest BCUT2D eigenvalue weighted by Crippen LogP contribution is 2.34. The molecule has 1 saturated heterocycles. The van der Waals surface area contributed by atoms with Crippen molar-refractivity contribution >= 4 is 11.8 Å². The average Bonchev–Trinajstić information content (AvgIpc) is 2.78. The number of rotatable bonds is 4. The van der Waals surface area contributed by atoms with Crippen LogP contribution in [0, 0.1) is 10.8 Å². The van der Waals surface area contributed by atoms with Gasteiger partial charge in [0.15, 0.2) is 0 Å². The molecule has 2 atom stereocenters. The van der Waals surface area contributed by atoms with Crippen LogP contribution in [0.25, 0.3) is 0 Å². The van der Waals surface area contributed by atoms with E-state index in [1.54, 1.807) is 0 Å². The summed E-state index contributed by atoms with van der Waals surface area (Å²) in [4.78, 5) is 4.16. The summed E-state index contributed by atoms with van der Waals surface area (Å²) < 4.78 is 2.18. The first-order valence-corrected chi connectivity index (χ1v) is 8.71. The highest BCUT2D eigenvalue weighted by molar-refractivity contribution is 7.99. The SMILES string of the molecule is CC1(C)CSCC(NC(Cn2ccnc2)C(C)(C)C)C1. The molecule has 1 aromatic rings. The van der Waals surface area contributed by atoms with Gasteiger partial charge in [0.2, 0.25) is 0 Å². The molecule has 0 aliphatic carbocycles. The first-order chi connectivity index (χ1) is 9.26. The van der Waals surface area contributed by atoms with Crippen LogP contribution in [0.2, 0.25) is 0 Å². The summed E-state index contributed by atoms with van der Waals surface area (Å²) in [6.45, 7) is 12.7. The van der Waals surface area contributed by atoms with Gasteiger partial charge in [0.1, 0.15) is 0 Å². The second-order valence-corrected chi connectivity index (χ2v) is 8.96. The van der Waals surface area contributed by atoms with Gasteiger partial charge in [-0.15, -0.1) is 0 Å². The van der Waals surface area contributed by atoms with Crippen LogP contribution in [0.3, 0.4) is 0 Å². The van der Waals surface area contributed by atoms with Crippen molar-refractivity contribution in [2.75, 3.05) is 11.5 Å². The third-order valence-electron chi connectivity index (χ3n) is 4.05. The Morgan fingerprint density at radius 2 is 2.20 bits per heavy atom. The lowest BCUT2D eigenvalue weighted by molar-refractivity contribution is 0.202. The molecule has 2 unspecified atom stereocenters. The zero-order valence-electron chi connectivity index (χ0n) is 13.5. The van der Waals surface area contributed by atoms with E-state index in [0.717, 1.165) is 6.54 Å². The Balaban J connectivity index is 2.01. The zero-order valence-corrected chi connectivity index (χ0v) is 14.3. The Hall–Kier alpha value is -0.480. The van der Waals surface area contributed by atoms with Crippen LogP contribution < -0.4 is 5.32 Å². The van der Waals surface area contributed by atoms with Crippen LogP contribution in [0.1, 0.15) is 41.0 Å². The van der Waals surface area contributed by atoms with Crippen molar-refractivity contribution in [3.05, 3.63) is 18.7 Å². The lowest BCUT2D eigenvalue weighted by atomic mass is 9.83. The fourth-order valence-electron chi connectivity index (χ4n) is 2.84. The smallest absolute Gasteiger partial charge is 0.0946 e. The molecule has 3 nitrogen and oxygen atoms in total. The highest BCUT2D eigenvalue weighted by Gasteiger charge is 2.32. The van der Waals surface area contributed by atoms with Gasteiger partial charge in [0.05, 0.1) is 6.33 Å². The number of imidazole rings is 1. The summed E-state index contributed by atoms with van der Waals surface area (Å²) in [6, 6.07) is 1.09. The second-order valence-electron chi connectivity index (χ2n) is 7.93. The molecule has 1 aliphatic heterocycles. The van der Waals surface area contributed by atoms with Crippen molar-refractivity contribution in [2.24, 2.45) is 10.8 Å². The summed E-state index contributed by atoms with van der Waals surface area (Å²) >= 11 is 2.09. The summed E-state index contributed by atoms with van der Waals surface area (Å²) in [5, 5.41) is 3.92. The van der Waals surface area contributed by atoms with E-state index in [1.165, 1.54) is 17.9 Å². The number of aromatic nitrogens is 2. The number of hydrogen-bond acceptors (Lipinski definition) is 3. The van der Waals surface area contributed by atoms with Crippen LogP contribution in [0.5, 0.6) is 0 Å². The predicted molar refractivity (Wildman–Crippen MR) is 88.1 cm³/mol. The Morgan fingerprint density at radius 1 is 1.45 bits per heavy atom. The van der Waals surface area contributed by atoms with Gasteiger partial charge in [-0.2, -0.15) is 11.8 Å². The third-order valence-corrected chi connectivity index (χ3v) is 5.67. The molecular formula is C16H29N3S. The lowest BCUT2D eigenvalue weighted by Crippen LogP contribution is -2.51. The number of nitrogens with one attached hydrogen (secondary N) is 1. The van der Waals surface area contributed by atoms with E-state index in [9.17, 15) is 0 Å².